The molecule has 0 saturated carbocycles. The molecule has 9 rings (SSSR count). The fourth-order valence-electron chi connectivity index (χ4n) is 7.43. The first kappa shape index (κ1) is 33.9. The van der Waals surface area contributed by atoms with Gasteiger partial charge in [0.1, 0.15) is 0 Å². The lowest BCUT2D eigenvalue weighted by Crippen LogP contribution is -2.05. The molecule has 2 heterocycles. The van der Waals surface area contributed by atoms with Crippen LogP contribution < -0.4 is 0 Å². The summed E-state index contributed by atoms with van der Waals surface area (Å²) in [7, 11) is 0. The second kappa shape index (κ2) is 13.5. The van der Waals surface area contributed by atoms with E-state index in [1.54, 1.807) is 6.07 Å². The van der Waals surface area contributed by atoms with Crippen molar-refractivity contribution < 1.29 is 13.2 Å². The van der Waals surface area contributed by atoms with Crippen LogP contribution in [0.3, 0.4) is 0 Å². The first-order valence-electron chi connectivity index (χ1n) is 18.0. The summed E-state index contributed by atoms with van der Waals surface area (Å²) in [6.45, 7) is 4.22. The van der Waals surface area contributed by atoms with Crippen molar-refractivity contribution >= 4 is 21.8 Å². The van der Waals surface area contributed by atoms with Crippen LogP contribution >= 0.6 is 0 Å². The van der Waals surface area contributed by atoms with Crippen molar-refractivity contribution in [1.82, 2.24) is 19.5 Å². The molecule has 0 saturated heterocycles. The summed E-state index contributed by atoms with van der Waals surface area (Å²) in [5.74, 6) is 1.46. The Morgan fingerprint density at radius 2 is 1.02 bits per heavy atom. The first-order valence-corrected chi connectivity index (χ1v) is 18.0. The van der Waals surface area contributed by atoms with Crippen LogP contribution in [-0.4, -0.2) is 19.5 Å². The number of alkyl halides is 3. The number of rotatable bonds is 6. The van der Waals surface area contributed by atoms with Gasteiger partial charge in [0.2, 0.25) is 0 Å². The van der Waals surface area contributed by atoms with Gasteiger partial charge in [0.15, 0.2) is 17.5 Å². The van der Waals surface area contributed by atoms with Crippen molar-refractivity contribution in [3.63, 3.8) is 0 Å². The molecule has 0 atom stereocenters. The number of halogens is 3. The molecule has 0 unspecified atom stereocenters. The van der Waals surface area contributed by atoms with Gasteiger partial charge in [-0.25, -0.2) is 15.0 Å². The summed E-state index contributed by atoms with van der Waals surface area (Å²) in [5, 5.41) is 2.10. The normalized spacial score (nSPS) is 11.7. The highest BCUT2D eigenvalue weighted by Crippen LogP contribution is 2.41. The molecule has 0 fully saturated rings. The molecule has 0 aliphatic carbocycles. The van der Waals surface area contributed by atoms with Gasteiger partial charge in [-0.3, -0.25) is 0 Å². The second-order valence-electron chi connectivity index (χ2n) is 13.8. The first-order chi connectivity index (χ1) is 26.7. The smallest absolute Gasteiger partial charge is 0.308 e. The predicted octanol–water partition coefficient (Wildman–Crippen LogP) is 12.9. The molecular formula is C48H33F3N4. The lowest BCUT2D eigenvalue weighted by atomic mass is 9.97. The third-order valence-corrected chi connectivity index (χ3v) is 10.1. The Kier molecular flexibility index (Phi) is 8.35. The highest BCUT2D eigenvalue weighted by atomic mass is 19.4. The summed E-state index contributed by atoms with van der Waals surface area (Å²) >= 11 is 0. The van der Waals surface area contributed by atoms with E-state index in [0.717, 1.165) is 55.8 Å². The van der Waals surface area contributed by atoms with Gasteiger partial charge in [0, 0.05) is 27.5 Å². The van der Waals surface area contributed by atoms with Crippen LogP contribution in [0.5, 0.6) is 0 Å². The van der Waals surface area contributed by atoms with Crippen molar-refractivity contribution in [2.45, 2.75) is 20.0 Å². The third kappa shape index (κ3) is 6.33. The fraction of sp³-hybridized carbons (Fsp3) is 0.0625. The largest absolute Gasteiger partial charge is 0.416 e. The lowest BCUT2D eigenvalue weighted by Gasteiger charge is -2.17. The van der Waals surface area contributed by atoms with Gasteiger partial charge < -0.3 is 4.57 Å². The van der Waals surface area contributed by atoms with Gasteiger partial charge in [0.05, 0.1) is 22.3 Å². The minimum atomic E-state index is -4.48. The van der Waals surface area contributed by atoms with Crippen molar-refractivity contribution in [1.29, 1.82) is 0 Å². The van der Waals surface area contributed by atoms with Gasteiger partial charge in [0.25, 0.3) is 0 Å². The SMILES string of the molecule is Cc1ccc(-c2ccc3c(c2)c2ccccc2n3-c2cc(-c3cccc(C(F)(F)F)c3)ccc2-c2nc(-c3ccccc3)nc(-c3ccccc3)n2)c(C)c1. The van der Waals surface area contributed by atoms with Crippen LogP contribution in [0.1, 0.15) is 16.7 Å². The molecule has 0 amide bonds. The lowest BCUT2D eigenvalue weighted by molar-refractivity contribution is -0.137. The van der Waals surface area contributed by atoms with E-state index < -0.39 is 11.7 Å². The van der Waals surface area contributed by atoms with Gasteiger partial charge in [-0.15, -0.1) is 0 Å². The van der Waals surface area contributed by atoms with E-state index >= 15 is 0 Å². The molecule has 0 N–H and O–H groups in total. The molecule has 7 heteroatoms. The molecule has 266 valence electrons. The number of hydrogen-bond acceptors (Lipinski definition) is 3. The molecule has 0 aliphatic rings. The molecule has 0 radical (unpaired) electrons. The summed E-state index contributed by atoms with van der Waals surface area (Å²) in [5.41, 5.74) is 10.0. The Morgan fingerprint density at radius 3 is 1.71 bits per heavy atom. The summed E-state index contributed by atoms with van der Waals surface area (Å²) in [6, 6.07) is 51.9. The van der Waals surface area contributed by atoms with E-state index in [9.17, 15) is 13.2 Å². The van der Waals surface area contributed by atoms with Gasteiger partial charge in [-0.2, -0.15) is 13.2 Å². The number of aryl methyl sites for hydroxylation is 2. The molecule has 0 aliphatic heterocycles. The molecule has 7 aromatic carbocycles. The Bertz CT molecular complexity index is 2820. The van der Waals surface area contributed by atoms with E-state index in [1.165, 1.54) is 23.3 Å². The molecule has 0 spiro atoms. The predicted molar refractivity (Wildman–Crippen MR) is 216 cm³/mol. The van der Waals surface area contributed by atoms with E-state index in [2.05, 4.69) is 66.9 Å². The number of aromatic nitrogens is 4. The average Bonchev–Trinajstić information content (AvgIpc) is 3.54. The fourth-order valence-corrected chi connectivity index (χ4v) is 7.43. The maximum Gasteiger partial charge on any atom is 0.416 e. The van der Waals surface area contributed by atoms with Gasteiger partial charge in [-0.1, -0.05) is 127 Å². The minimum Gasteiger partial charge on any atom is -0.308 e. The van der Waals surface area contributed by atoms with E-state index in [4.69, 9.17) is 15.0 Å². The summed E-state index contributed by atoms with van der Waals surface area (Å²) in [6.07, 6.45) is -4.48. The molecule has 4 nitrogen and oxygen atoms in total. The third-order valence-electron chi connectivity index (χ3n) is 10.1. The zero-order valence-electron chi connectivity index (χ0n) is 30.0. The Labute approximate surface area is 316 Å². The van der Waals surface area contributed by atoms with E-state index in [0.29, 0.717) is 34.2 Å². The highest BCUT2D eigenvalue weighted by Gasteiger charge is 2.30. The molecule has 0 bridgehead atoms. The van der Waals surface area contributed by atoms with Crippen LogP contribution in [0.15, 0.2) is 164 Å². The van der Waals surface area contributed by atoms with E-state index in [1.807, 2.05) is 91.0 Å². The Balaban J connectivity index is 1.34. The van der Waals surface area contributed by atoms with E-state index in [-0.39, 0.29) is 0 Å². The number of benzene rings is 7. The standard InChI is InChI=1S/C48H33F3N4/c1-30-20-23-38(31(2)26-30)36-22-25-43-41(28-36)39-18-9-10-19-42(39)55(43)44-29-35(34-16-11-17-37(27-34)48(49,50)51)21-24-40(44)47-53-45(32-12-5-3-6-13-32)52-46(54-47)33-14-7-4-8-15-33/h3-29H,1-2H3. The highest BCUT2D eigenvalue weighted by molar-refractivity contribution is 6.11. The van der Waals surface area contributed by atoms with Crippen molar-refractivity contribution in [3.8, 4) is 62.1 Å². The monoisotopic (exact) mass is 722 g/mol. The topological polar surface area (TPSA) is 43.6 Å². The Hall–Kier alpha value is -6.86. The maximum absolute atomic E-state index is 13.9. The van der Waals surface area contributed by atoms with Crippen LogP contribution in [-0.2, 0) is 6.18 Å². The maximum atomic E-state index is 13.9. The Morgan fingerprint density at radius 1 is 0.436 bits per heavy atom. The molecule has 2 aromatic heterocycles. The number of para-hydroxylation sites is 1. The summed E-state index contributed by atoms with van der Waals surface area (Å²) < 4.78 is 44.0. The summed E-state index contributed by atoms with van der Waals surface area (Å²) in [4.78, 5) is 15.0. The zero-order chi connectivity index (χ0) is 37.7. The van der Waals surface area contributed by atoms with Crippen molar-refractivity contribution in [2.24, 2.45) is 0 Å². The molecular weight excluding hydrogens is 690 g/mol. The van der Waals surface area contributed by atoms with Gasteiger partial charge in [-0.05, 0) is 84.1 Å². The molecule has 9 aromatic rings. The second-order valence-corrected chi connectivity index (χ2v) is 13.8. The van der Waals surface area contributed by atoms with Crippen molar-refractivity contribution in [3.05, 3.63) is 180 Å². The van der Waals surface area contributed by atoms with Gasteiger partial charge >= 0.3 is 6.18 Å². The molecule has 55 heavy (non-hydrogen) atoms. The van der Waals surface area contributed by atoms with Crippen LogP contribution in [0.25, 0.3) is 83.9 Å². The van der Waals surface area contributed by atoms with Crippen molar-refractivity contribution in [2.75, 3.05) is 0 Å². The number of fused-ring (bicyclic) bond motifs is 3. The average molecular weight is 723 g/mol. The number of nitrogens with zero attached hydrogens (tertiary/aromatic N) is 4. The quantitative estimate of drug-likeness (QED) is 0.172. The van der Waals surface area contributed by atoms with Crippen LogP contribution in [0.2, 0.25) is 0 Å². The number of hydrogen-bond donors (Lipinski definition) is 0. The van der Waals surface area contributed by atoms with Crippen LogP contribution in [0.4, 0.5) is 13.2 Å². The zero-order valence-corrected chi connectivity index (χ0v) is 30.0. The minimum absolute atomic E-state index is 0.441. The van der Waals surface area contributed by atoms with Crippen LogP contribution in [0, 0.1) is 13.8 Å².